The van der Waals surface area contributed by atoms with Crippen LogP contribution in [0.3, 0.4) is 0 Å². The Morgan fingerprint density at radius 2 is 1.68 bits per heavy atom. The van der Waals surface area contributed by atoms with E-state index < -0.39 is 16.0 Å². The van der Waals surface area contributed by atoms with Crippen molar-refractivity contribution >= 4 is 16.0 Å². The third kappa shape index (κ3) is 5.30. The van der Waals surface area contributed by atoms with E-state index in [1.807, 2.05) is 13.8 Å². The summed E-state index contributed by atoms with van der Waals surface area (Å²) in [4.78, 5) is 11.9. The van der Waals surface area contributed by atoms with Crippen molar-refractivity contribution < 1.29 is 23.1 Å². The molecule has 0 fully saturated rings. The Morgan fingerprint density at radius 3 is 2.24 bits per heavy atom. The van der Waals surface area contributed by atoms with Gasteiger partial charge in [-0.05, 0) is 47.9 Å². The summed E-state index contributed by atoms with van der Waals surface area (Å²) >= 11 is 0. The lowest BCUT2D eigenvalue weighted by Crippen LogP contribution is -2.28. The van der Waals surface area contributed by atoms with Gasteiger partial charge in [-0.3, -0.25) is 0 Å². The van der Waals surface area contributed by atoms with E-state index in [-0.39, 0.29) is 29.4 Å². The summed E-state index contributed by atoms with van der Waals surface area (Å²) in [5, 5.41) is 9.17. The molecule has 2 aromatic carbocycles. The van der Waals surface area contributed by atoms with Gasteiger partial charge in [0.25, 0.3) is 0 Å². The number of ether oxygens (including phenoxy) is 1. The van der Waals surface area contributed by atoms with E-state index in [1.165, 1.54) is 24.3 Å². The van der Waals surface area contributed by atoms with Gasteiger partial charge in [-0.25, -0.2) is 17.9 Å². The molecule has 6 nitrogen and oxygen atoms in total. The highest BCUT2D eigenvalue weighted by atomic mass is 32.2. The van der Waals surface area contributed by atoms with Crippen molar-refractivity contribution in [1.29, 1.82) is 0 Å². The van der Waals surface area contributed by atoms with Crippen LogP contribution < -0.4 is 4.72 Å². The number of sulfonamides is 1. The summed E-state index contributed by atoms with van der Waals surface area (Å²) in [5.41, 5.74) is 1.34. The van der Waals surface area contributed by atoms with Crippen LogP contribution >= 0.6 is 0 Å². The van der Waals surface area contributed by atoms with Crippen LogP contribution in [-0.4, -0.2) is 32.6 Å². The number of esters is 1. The smallest absolute Gasteiger partial charge is 0.338 e. The molecule has 0 heterocycles. The van der Waals surface area contributed by atoms with Gasteiger partial charge in [0.05, 0.1) is 10.5 Å². The van der Waals surface area contributed by atoms with Crippen LogP contribution in [0.5, 0.6) is 5.75 Å². The van der Waals surface area contributed by atoms with E-state index in [2.05, 4.69) is 4.72 Å². The number of hydrogen-bond acceptors (Lipinski definition) is 5. The van der Waals surface area contributed by atoms with Crippen molar-refractivity contribution in [2.75, 3.05) is 13.2 Å². The van der Waals surface area contributed by atoms with Gasteiger partial charge in [0.15, 0.2) is 0 Å². The molecule has 0 aromatic heterocycles. The van der Waals surface area contributed by atoms with Crippen molar-refractivity contribution in [2.45, 2.75) is 24.7 Å². The first kappa shape index (κ1) is 19.0. The maximum Gasteiger partial charge on any atom is 0.338 e. The summed E-state index contributed by atoms with van der Waals surface area (Å²) < 4.78 is 31.8. The van der Waals surface area contributed by atoms with Crippen LogP contribution in [0.25, 0.3) is 0 Å². The Morgan fingerprint density at radius 1 is 1.08 bits per heavy atom. The van der Waals surface area contributed by atoms with E-state index in [0.717, 1.165) is 5.56 Å². The van der Waals surface area contributed by atoms with Gasteiger partial charge >= 0.3 is 5.97 Å². The molecule has 0 atom stereocenters. The quantitative estimate of drug-likeness (QED) is 0.583. The fourth-order valence-corrected chi connectivity index (χ4v) is 3.13. The van der Waals surface area contributed by atoms with E-state index >= 15 is 0 Å². The number of phenolic OH excluding ortho intramolecular Hbond substituents is 1. The molecule has 0 aliphatic carbocycles. The van der Waals surface area contributed by atoms with Gasteiger partial charge in [-0.1, -0.05) is 26.0 Å². The second kappa shape index (κ2) is 8.13. The molecule has 0 radical (unpaired) electrons. The molecular formula is C18H21NO5S. The van der Waals surface area contributed by atoms with E-state index in [1.54, 1.807) is 24.3 Å². The first-order chi connectivity index (χ1) is 11.8. The van der Waals surface area contributed by atoms with Crippen LogP contribution in [0.2, 0.25) is 0 Å². The summed E-state index contributed by atoms with van der Waals surface area (Å²) in [6.07, 6.45) is 0. The maximum atomic E-state index is 12.2. The third-order valence-electron chi connectivity index (χ3n) is 3.59. The second-order valence-electron chi connectivity index (χ2n) is 5.80. The predicted molar refractivity (Wildman–Crippen MR) is 94.1 cm³/mol. The summed E-state index contributed by atoms with van der Waals surface area (Å²) in [6, 6.07) is 12.3. The summed E-state index contributed by atoms with van der Waals surface area (Å²) in [5.74, 6) is -0.211. The Labute approximate surface area is 147 Å². The minimum atomic E-state index is -3.65. The van der Waals surface area contributed by atoms with Crippen LogP contribution in [-0.2, 0) is 14.8 Å². The van der Waals surface area contributed by atoms with Gasteiger partial charge in [-0.15, -0.1) is 0 Å². The molecular weight excluding hydrogens is 342 g/mol. The third-order valence-corrected chi connectivity index (χ3v) is 5.06. The highest BCUT2D eigenvalue weighted by Gasteiger charge is 2.14. The number of carbonyl (C=O) groups excluding carboxylic acids is 1. The Bertz CT molecular complexity index is 812. The van der Waals surface area contributed by atoms with Gasteiger partial charge < -0.3 is 9.84 Å². The van der Waals surface area contributed by atoms with Crippen LogP contribution in [0.1, 0.15) is 35.7 Å². The molecule has 7 heteroatoms. The number of nitrogens with one attached hydrogen (secondary N) is 1. The lowest BCUT2D eigenvalue weighted by atomic mass is 10.0. The molecule has 0 bridgehead atoms. The normalized spacial score (nSPS) is 11.5. The predicted octanol–water partition coefficient (Wildman–Crippen LogP) is 2.65. The molecule has 0 unspecified atom stereocenters. The first-order valence-corrected chi connectivity index (χ1v) is 9.33. The molecule has 2 aromatic rings. The molecule has 0 aliphatic heterocycles. The lowest BCUT2D eigenvalue weighted by molar-refractivity contribution is 0.0513. The lowest BCUT2D eigenvalue weighted by Gasteiger charge is -2.09. The fourth-order valence-electron chi connectivity index (χ4n) is 2.12. The molecule has 25 heavy (non-hydrogen) atoms. The average Bonchev–Trinajstić information content (AvgIpc) is 2.59. The minimum absolute atomic E-state index is 0.0297. The molecule has 0 amide bonds. The average molecular weight is 363 g/mol. The standard InChI is InChI=1S/C18H21NO5S/c1-13(2)14-5-9-17(10-6-14)25(22,23)19-11-12-24-18(21)15-3-7-16(20)8-4-15/h3-10,13,19-20H,11-12H2,1-2H3. The zero-order valence-corrected chi connectivity index (χ0v) is 14.9. The van der Waals surface area contributed by atoms with E-state index in [9.17, 15) is 13.2 Å². The number of aromatic hydroxyl groups is 1. The van der Waals surface area contributed by atoms with E-state index in [0.29, 0.717) is 5.92 Å². The number of benzene rings is 2. The summed E-state index contributed by atoms with van der Waals surface area (Å²) in [6.45, 7) is 3.94. The Kier molecular flexibility index (Phi) is 6.17. The monoisotopic (exact) mass is 363 g/mol. The first-order valence-electron chi connectivity index (χ1n) is 7.85. The van der Waals surface area contributed by atoms with Gasteiger partial charge in [0.2, 0.25) is 10.0 Å². The zero-order chi connectivity index (χ0) is 18.4. The number of hydrogen-bond donors (Lipinski definition) is 2. The highest BCUT2D eigenvalue weighted by molar-refractivity contribution is 7.89. The molecule has 2 rings (SSSR count). The highest BCUT2D eigenvalue weighted by Crippen LogP contribution is 2.17. The molecule has 0 saturated heterocycles. The van der Waals surface area contributed by atoms with Gasteiger partial charge in [0, 0.05) is 6.54 Å². The van der Waals surface area contributed by atoms with Gasteiger partial charge in [0.1, 0.15) is 12.4 Å². The topological polar surface area (TPSA) is 92.7 Å². The zero-order valence-electron chi connectivity index (χ0n) is 14.1. The van der Waals surface area contributed by atoms with E-state index in [4.69, 9.17) is 9.84 Å². The van der Waals surface area contributed by atoms with Crippen molar-refractivity contribution in [2.24, 2.45) is 0 Å². The Balaban J connectivity index is 1.85. The summed E-state index contributed by atoms with van der Waals surface area (Å²) in [7, 11) is -3.65. The number of carbonyl (C=O) groups is 1. The number of rotatable bonds is 7. The van der Waals surface area contributed by atoms with Crippen molar-refractivity contribution in [3.8, 4) is 5.75 Å². The fraction of sp³-hybridized carbons (Fsp3) is 0.278. The number of phenols is 1. The largest absolute Gasteiger partial charge is 0.508 e. The molecule has 0 aliphatic rings. The van der Waals surface area contributed by atoms with Crippen molar-refractivity contribution in [3.63, 3.8) is 0 Å². The molecule has 0 spiro atoms. The molecule has 134 valence electrons. The molecule has 0 saturated carbocycles. The molecule has 2 N–H and O–H groups in total. The van der Waals surface area contributed by atoms with Gasteiger partial charge in [-0.2, -0.15) is 0 Å². The maximum absolute atomic E-state index is 12.2. The van der Waals surface area contributed by atoms with Crippen LogP contribution in [0.4, 0.5) is 0 Å². The second-order valence-corrected chi connectivity index (χ2v) is 7.57. The van der Waals surface area contributed by atoms with Crippen molar-refractivity contribution in [1.82, 2.24) is 4.72 Å². The van der Waals surface area contributed by atoms with Crippen LogP contribution in [0, 0.1) is 0 Å². The SMILES string of the molecule is CC(C)c1ccc(S(=O)(=O)NCCOC(=O)c2ccc(O)cc2)cc1. The Hall–Kier alpha value is -2.38. The minimum Gasteiger partial charge on any atom is -0.508 e. The van der Waals surface area contributed by atoms with Crippen molar-refractivity contribution in [3.05, 3.63) is 59.7 Å². The van der Waals surface area contributed by atoms with Crippen LogP contribution in [0.15, 0.2) is 53.4 Å².